The van der Waals surface area contributed by atoms with Gasteiger partial charge in [-0.3, -0.25) is 9.59 Å². The lowest BCUT2D eigenvalue weighted by Crippen LogP contribution is -2.30. The molecule has 1 aromatic rings. The number of amides is 1. The van der Waals surface area contributed by atoms with E-state index in [1.165, 1.54) is 0 Å². The minimum atomic E-state index is -0.928. The van der Waals surface area contributed by atoms with Crippen molar-refractivity contribution in [3.05, 3.63) is 26.7 Å². The van der Waals surface area contributed by atoms with Crippen LogP contribution in [0.25, 0.3) is 0 Å². The summed E-state index contributed by atoms with van der Waals surface area (Å²) >= 11 is 15.3. The minimum absolute atomic E-state index is 0.235. The van der Waals surface area contributed by atoms with Crippen LogP contribution in [0.3, 0.4) is 0 Å². The van der Waals surface area contributed by atoms with Gasteiger partial charge >= 0.3 is 5.97 Å². The molecule has 1 fully saturated rings. The monoisotopic (exact) mass is 379 g/mol. The second-order valence-corrected chi connectivity index (χ2v) is 6.30. The molecule has 0 spiro atoms. The molecule has 1 aliphatic rings. The van der Waals surface area contributed by atoms with Crippen LogP contribution in [0.1, 0.15) is 19.3 Å². The fourth-order valence-corrected chi connectivity index (χ4v) is 3.24. The van der Waals surface area contributed by atoms with E-state index in [4.69, 9.17) is 28.3 Å². The lowest BCUT2D eigenvalue weighted by atomic mass is 9.95. The van der Waals surface area contributed by atoms with Crippen molar-refractivity contribution in [1.29, 1.82) is 0 Å². The number of benzene rings is 1. The van der Waals surface area contributed by atoms with Gasteiger partial charge in [-0.15, -0.1) is 0 Å². The molecule has 4 nitrogen and oxygen atoms in total. The van der Waals surface area contributed by atoms with E-state index in [0.29, 0.717) is 28.0 Å². The second kappa shape index (κ2) is 6.33. The van der Waals surface area contributed by atoms with Crippen molar-refractivity contribution in [2.45, 2.75) is 19.3 Å². The number of carbonyl (C=O) groups excluding carboxylic acids is 1. The summed E-state index contributed by atoms with van der Waals surface area (Å²) in [6.45, 7) is 0. The molecule has 1 saturated carbocycles. The molecule has 2 N–H and O–H groups in total. The van der Waals surface area contributed by atoms with Crippen molar-refractivity contribution in [3.8, 4) is 0 Å². The van der Waals surface area contributed by atoms with Gasteiger partial charge in [0, 0.05) is 4.47 Å². The van der Waals surface area contributed by atoms with Crippen LogP contribution in [-0.4, -0.2) is 17.0 Å². The number of hydrogen-bond acceptors (Lipinski definition) is 2. The molecule has 1 amide bonds. The highest BCUT2D eigenvalue weighted by molar-refractivity contribution is 9.10. The highest BCUT2D eigenvalue weighted by Crippen LogP contribution is 2.37. The highest BCUT2D eigenvalue weighted by Gasteiger charge is 2.37. The Morgan fingerprint density at radius 1 is 1.20 bits per heavy atom. The molecule has 0 saturated heterocycles. The van der Waals surface area contributed by atoms with Crippen LogP contribution in [0.15, 0.2) is 16.6 Å². The van der Waals surface area contributed by atoms with E-state index in [-0.39, 0.29) is 10.9 Å². The zero-order valence-electron chi connectivity index (χ0n) is 10.3. The van der Waals surface area contributed by atoms with Crippen LogP contribution in [-0.2, 0) is 9.59 Å². The third-order valence-corrected chi connectivity index (χ3v) is 5.23. The van der Waals surface area contributed by atoms with Gasteiger partial charge in [0.05, 0.1) is 27.6 Å². The van der Waals surface area contributed by atoms with Crippen molar-refractivity contribution in [3.63, 3.8) is 0 Å². The van der Waals surface area contributed by atoms with Gasteiger partial charge in [-0.25, -0.2) is 0 Å². The van der Waals surface area contributed by atoms with Gasteiger partial charge in [0.1, 0.15) is 0 Å². The molecular weight excluding hydrogens is 369 g/mol. The second-order valence-electron chi connectivity index (χ2n) is 4.69. The van der Waals surface area contributed by atoms with Gasteiger partial charge in [-0.2, -0.15) is 0 Å². The van der Waals surface area contributed by atoms with E-state index in [2.05, 4.69) is 21.2 Å². The van der Waals surface area contributed by atoms with Gasteiger partial charge in [-0.1, -0.05) is 29.6 Å². The van der Waals surface area contributed by atoms with Crippen molar-refractivity contribution in [2.24, 2.45) is 11.8 Å². The molecule has 1 aliphatic carbocycles. The van der Waals surface area contributed by atoms with Crippen molar-refractivity contribution >= 4 is 56.7 Å². The van der Waals surface area contributed by atoms with Crippen molar-refractivity contribution < 1.29 is 14.7 Å². The SMILES string of the molecule is O=C(O)C1CCCC1C(=O)Nc1ccc(Br)c(Cl)c1Cl. The molecule has 20 heavy (non-hydrogen) atoms. The van der Waals surface area contributed by atoms with E-state index < -0.39 is 17.8 Å². The molecule has 0 radical (unpaired) electrons. The fraction of sp³-hybridized carbons (Fsp3) is 0.385. The fourth-order valence-electron chi connectivity index (χ4n) is 2.42. The van der Waals surface area contributed by atoms with E-state index >= 15 is 0 Å². The zero-order valence-corrected chi connectivity index (χ0v) is 13.4. The Labute approximate surface area is 134 Å². The van der Waals surface area contributed by atoms with Crippen LogP contribution in [0.2, 0.25) is 10.0 Å². The van der Waals surface area contributed by atoms with Crippen LogP contribution >= 0.6 is 39.1 Å². The molecule has 0 aliphatic heterocycles. The summed E-state index contributed by atoms with van der Waals surface area (Å²) in [6, 6.07) is 3.30. The third kappa shape index (κ3) is 3.10. The first-order valence-electron chi connectivity index (χ1n) is 6.09. The third-order valence-electron chi connectivity index (χ3n) is 3.46. The smallest absolute Gasteiger partial charge is 0.307 e. The first-order valence-corrected chi connectivity index (χ1v) is 7.64. The Bertz CT molecular complexity index is 565. The number of carbonyl (C=O) groups is 2. The molecule has 2 atom stereocenters. The van der Waals surface area contributed by atoms with Crippen molar-refractivity contribution in [2.75, 3.05) is 5.32 Å². The van der Waals surface area contributed by atoms with E-state index in [1.54, 1.807) is 12.1 Å². The Morgan fingerprint density at radius 3 is 2.50 bits per heavy atom. The quantitative estimate of drug-likeness (QED) is 0.772. The number of aliphatic carboxylic acids is 1. The summed E-state index contributed by atoms with van der Waals surface area (Å²) in [6.07, 6.45) is 1.84. The van der Waals surface area contributed by atoms with E-state index in [9.17, 15) is 9.59 Å². The number of anilines is 1. The molecule has 1 aromatic carbocycles. The Morgan fingerprint density at radius 2 is 1.85 bits per heavy atom. The van der Waals surface area contributed by atoms with Gasteiger partial charge < -0.3 is 10.4 Å². The molecule has 0 aromatic heterocycles. The predicted molar refractivity (Wildman–Crippen MR) is 81.3 cm³/mol. The average molecular weight is 381 g/mol. The first kappa shape index (κ1) is 15.6. The summed E-state index contributed by atoms with van der Waals surface area (Å²) in [5.41, 5.74) is 0.390. The minimum Gasteiger partial charge on any atom is -0.481 e. The number of halogens is 3. The molecule has 0 heterocycles. The number of carboxylic acids is 1. The number of carboxylic acid groups (broad SMARTS) is 1. The van der Waals surface area contributed by atoms with E-state index in [1.807, 2.05) is 0 Å². The molecule has 2 unspecified atom stereocenters. The molecule has 108 valence electrons. The molecule has 2 rings (SSSR count). The first-order chi connectivity index (χ1) is 9.41. The van der Waals surface area contributed by atoms with E-state index in [0.717, 1.165) is 6.42 Å². The topological polar surface area (TPSA) is 66.4 Å². The summed E-state index contributed by atoms with van der Waals surface area (Å²) in [5, 5.41) is 12.3. The summed E-state index contributed by atoms with van der Waals surface area (Å²) in [4.78, 5) is 23.3. The maximum atomic E-state index is 12.2. The van der Waals surface area contributed by atoms with Crippen LogP contribution in [0, 0.1) is 11.8 Å². The summed E-state index contributed by atoms with van der Waals surface area (Å²) < 4.78 is 0.631. The predicted octanol–water partition coefficient (Wildman–Crippen LogP) is 4.20. The van der Waals surface area contributed by atoms with Gasteiger partial charge in [0.15, 0.2) is 0 Å². The summed E-state index contributed by atoms with van der Waals surface area (Å²) in [7, 11) is 0. The molecule has 0 bridgehead atoms. The number of nitrogens with one attached hydrogen (secondary N) is 1. The van der Waals surface area contributed by atoms with Crippen molar-refractivity contribution in [1.82, 2.24) is 0 Å². The van der Waals surface area contributed by atoms with Crippen LogP contribution in [0.5, 0.6) is 0 Å². The zero-order chi connectivity index (χ0) is 14.9. The number of rotatable bonds is 3. The van der Waals surface area contributed by atoms with Crippen LogP contribution < -0.4 is 5.32 Å². The average Bonchev–Trinajstić information content (AvgIpc) is 2.89. The Kier molecular flexibility index (Phi) is 4.94. The lowest BCUT2D eigenvalue weighted by molar-refractivity contribution is -0.145. The standard InChI is InChI=1S/C13H12BrCl2NO3/c14-8-4-5-9(11(16)10(8)15)17-12(18)6-2-1-3-7(6)13(19)20/h4-7H,1-3H2,(H,17,18)(H,19,20). The maximum Gasteiger partial charge on any atom is 0.307 e. The van der Waals surface area contributed by atoms with Gasteiger partial charge in [0.25, 0.3) is 0 Å². The Balaban J connectivity index is 2.16. The molecular formula is C13H12BrCl2NO3. The maximum absolute atomic E-state index is 12.2. The number of hydrogen-bond donors (Lipinski definition) is 2. The van der Waals surface area contributed by atoms with Gasteiger partial charge in [-0.05, 0) is 40.9 Å². The summed E-state index contributed by atoms with van der Waals surface area (Å²) in [5.74, 6) is -2.40. The van der Waals surface area contributed by atoms with Gasteiger partial charge in [0.2, 0.25) is 5.91 Å². The largest absolute Gasteiger partial charge is 0.481 e. The van der Waals surface area contributed by atoms with Crippen LogP contribution in [0.4, 0.5) is 5.69 Å². The molecule has 7 heteroatoms. The Hall–Kier alpha value is -0.780. The highest BCUT2D eigenvalue weighted by atomic mass is 79.9. The normalized spacial score (nSPS) is 21.8. The lowest BCUT2D eigenvalue weighted by Gasteiger charge is -2.16.